The van der Waals surface area contributed by atoms with Crippen LogP contribution in [0.1, 0.15) is 38.9 Å². The molecule has 2 atom stereocenters. The van der Waals surface area contributed by atoms with Gasteiger partial charge < -0.3 is 15.3 Å². The van der Waals surface area contributed by atoms with Crippen LogP contribution < -0.4 is 5.73 Å². The van der Waals surface area contributed by atoms with Crippen LogP contribution >= 0.6 is 0 Å². The zero-order chi connectivity index (χ0) is 15.4. The second kappa shape index (κ2) is 6.52. The number of hydrogen-bond donors (Lipinski definition) is 2. The van der Waals surface area contributed by atoms with Gasteiger partial charge >= 0.3 is 0 Å². The van der Waals surface area contributed by atoms with Gasteiger partial charge in [0.1, 0.15) is 0 Å². The number of nitrogens with two attached hydrogens (primary N) is 1. The average Bonchev–Trinajstić information content (AvgIpc) is 2.37. The van der Waals surface area contributed by atoms with Crippen molar-refractivity contribution in [3.63, 3.8) is 0 Å². The third kappa shape index (κ3) is 3.91. The second-order valence-electron chi connectivity index (χ2n) is 6.21. The van der Waals surface area contributed by atoms with Crippen molar-refractivity contribution in [3.05, 3.63) is 35.9 Å². The quantitative estimate of drug-likeness (QED) is 0.792. The van der Waals surface area contributed by atoms with E-state index in [2.05, 4.69) is 0 Å². The molecule has 112 valence electrons. The molecule has 0 unspecified atom stereocenters. The maximum atomic E-state index is 11.7. The molecule has 5 heteroatoms. The molecule has 0 aliphatic rings. The largest absolute Gasteiger partial charge is 0.407 e. The van der Waals surface area contributed by atoms with Crippen molar-refractivity contribution < 1.29 is 14.3 Å². The number of aliphatic hydroxyl groups excluding tert-OH is 1. The van der Waals surface area contributed by atoms with E-state index in [4.69, 9.17) is 10.2 Å². The molecule has 1 aromatic rings. The minimum Gasteiger partial charge on any atom is -0.407 e. The fourth-order valence-corrected chi connectivity index (χ4v) is 3.71. The van der Waals surface area contributed by atoms with Crippen molar-refractivity contribution >= 4 is 13.8 Å². The Kier molecular flexibility index (Phi) is 5.50. The van der Waals surface area contributed by atoms with Gasteiger partial charge in [-0.15, -0.1) is 0 Å². The van der Waals surface area contributed by atoms with E-state index in [-0.39, 0.29) is 10.6 Å². The van der Waals surface area contributed by atoms with Crippen molar-refractivity contribution in [1.29, 1.82) is 0 Å². The fraction of sp³-hybridized carbons (Fsp3) is 0.533. The van der Waals surface area contributed by atoms with Crippen LogP contribution in [0.3, 0.4) is 0 Å². The van der Waals surface area contributed by atoms with E-state index < -0.39 is 14.4 Å². The Morgan fingerprint density at radius 2 is 1.90 bits per heavy atom. The number of rotatable bonds is 6. The van der Waals surface area contributed by atoms with E-state index in [9.17, 15) is 9.90 Å². The van der Waals surface area contributed by atoms with Crippen LogP contribution in [0.4, 0.5) is 4.79 Å². The number of carbonyl (C=O) groups is 1. The Labute approximate surface area is 122 Å². The third-order valence-electron chi connectivity index (χ3n) is 3.87. The molecular weight excluding hydrogens is 270 g/mol. The van der Waals surface area contributed by atoms with Crippen molar-refractivity contribution in [1.82, 2.24) is 0 Å². The van der Waals surface area contributed by atoms with Gasteiger partial charge in [0.2, 0.25) is 5.53 Å². The lowest BCUT2D eigenvalue weighted by Crippen LogP contribution is -2.55. The minimum atomic E-state index is -2.67. The van der Waals surface area contributed by atoms with E-state index in [0.29, 0.717) is 13.0 Å². The lowest BCUT2D eigenvalue weighted by molar-refractivity contribution is 0.136. The summed E-state index contributed by atoms with van der Waals surface area (Å²) in [6.45, 7) is 8.08. The van der Waals surface area contributed by atoms with Crippen LogP contribution in [0.25, 0.3) is 0 Å². The summed E-state index contributed by atoms with van der Waals surface area (Å²) in [6.07, 6.45) is -0.127. The Balaban J connectivity index is 2.60. The highest BCUT2D eigenvalue weighted by Crippen LogP contribution is 2.37. The standard InChI is InChI=1S/C15H25NO3Si/c1-15(2,3)20(4,14(16)18)19-11-10-13(17)12-8-6-5-7-9-12/h5-9,13,17H,10-11H2,1-4H3,(H2,16,18)/t13-,20+/m0/s1. The average molecular weight is 295 g/mol. The first-order valence-corrected chi connectivity index (χ1v) is 9.26. The summed E-state index contributed by atoms with van der Waals surface area (Å²) in [5.74, 6) is 0. The monoisotopic (exact) mass is 295 g/mol. The van der Waals surface area contributed by atoms with Crippen LogP contribution in [0, 0.1) is 0 Å². The molecule has 0 radical (unpaired) electrons. The Morgan fingerprint density at radius 1 is 1.35 bits per heavy atom. The fourth-order valence-electron chi connectivity index (χ4n) is 1.87. The Hall–Kier alpha value is -1.17. The van der Waals surface area contributed by atoms with E-state index in [1.54, 1.807) is 0 Å². The van der Waals surface area contributed by atoms with Gasteiger partial charge in [-0.2, -0.15) is 0 Å². The van der Waals surface area contributed by atoms with Gasteiger partial charge in [-0.25, -0.2) is 0 Å². The van der Waals surface area contributed by atoms with Gasteiger partial charge in [-0.3, -0.25) is 4.79 Å². The molecule has 1 amide bonds. The summed E-state index contributed by atoms with van der Waals surface area (Å²) < 4.78 is 5.85. The summed E-state index contributed by atoms with van der Waals surface area (Å²) in [6, 6.07) is 9.43. The van der Waals surface area contributed by atoms with E-state index in [0.717, 1.165) is 5.56 Å². The van der Waals surface area contributed by atoms with Gasteiger partial charge in [0.25, 0.3) is 8.32 Å². The van der Waals surface area contributed by atoms with Crippen LogP contribution in [0.5, 0.6) is 0 Å². The van der Waals surface area contributed by atoms with Crippen LogP contribution in [-0.4, -0.2) is 25.6 Å². The smallest absolute Gasteiger partial charge is 0.294 e. The van der Waals surface area contributed by atoms with Crippen LogP contribution in [-0.2, 0) is 4.43 Å². The van der Waals surface area contributed by atoms with Gasteiger partial charge in [0.15, 0.2) is 0 Å². The number of hydrogen-bond acceptors (Lipinski definition) is 3. The Morgan fingerprint density at radius 3 is 2.35 bits per heavy atom. The number of amides is 1. The molecule has 0 spiro atoms. The van der Waals surface area contributed by atoms with Gasteiger partial charge in [-0.05, 0) is 23.6 Å². The second-order valence-corrected chi connectivity index (χ2v) is 10.6. The summed E-state index contributed by atoms with van der Waals surface area (Å²) in [7, 11) is -2.67. The zero-order valence-corrected chi connectivity index (χ0v) is 13.7. The molecule has 0 saturated heterocycles. The van der Waals surface area contributed by atoms with Crippen molar-refractivity contribution in [2.24, 2.45) is 5.73 Å². The van der Waals surface area contributed by atoms with Crippen molar-refractivity contribution in [2.45, 2.75) is 44.9 Å². The molecule has 3 N–H and O–H groups in total. The molecule has 0 fully saturated rings. The highest BCUT2D eigenvalue weighted by molar-refractivity contribution is 7.02. The first kappa shape index (κ1) is 16.9. The molecule has 0 bridgehead atoms. The molecule has 0 heterocycles. The molecule has 0 aliphatic carbocycles. The molecule has 1 rings (SSSR count). The number of primary amides is 1. The molecule has 0 saturated carbocycles. The predicted molar refractivity (Wildman–Crippen MR) is 82.9 cm³/mol. The number of aliphatic hydroxyl groups is 1. The van der Waals surface area contributed by atoms with E-state index in [1.807, 2.05) is 57.7 Å². The first-order valence-electron chi connectivity index (χ1n) is 6.85. The first-order chi connectivity index (χ1) is 9.18. The summed E-state index contributed by atoms with van der Waals surface area (Å²) in [5, 5.41) is 9.81. The normalized spacial score (nSPS) is 16.4. The summed E-state index contributed by atoms with van der Waals surface area (Å²) >= 11 is 0. The third-order valence-corrected chi connectivity index (χ3v) is 8.45. The lowest BCUT2D eigenvalue weighted by Gasteiger charge is -2.36. The highest BCUT2D eigenvalue weighted by atomic mass is 28.4. The van der Waals surface area contributed by atoms with Crippen LogP contribution in [0.15, 0.2) is 30.3 Å². The molecule has 0 aromatic heterocycles. The van der Waals surface area contributed by atoms with E-state index >= 15 is 0 Å². The summed E-state index contributed by atoms with van der Waals surface area (Å²) in [5.41, 5.74) is 6.03. The van der Waals surface area contributed by atoms with Gasteiger partial charge in [-0.1, -0.05) is 51.1 Å². The Bertz CT molecular complexity index is 444. The molecule has 4 nitrogen and oxygen atoms in total. The summed E-state index contributed by atoms with van der Waals surface area (Å²) in [4.78, 5) is 11.7. The molecule has 20 heavy (non-hydrogen) atoms. The zero-order valence-electron chi connectivity index (χ0n) is 12.7. The molecule has 1 aromatic carbocycles. The maximum Gasteiger partial charge on any atom is 0.294 e. The topological polar surface area (TPSA) is 72.6 Å². The van der Waals surface area contributed by atoms with Crippen molar-refractivity contribution in [3.8, 4) is 0 Å². The number of carbonyl (C=O) groups excluding carboxylic acids is 1. The molecular formula is C15H25NO3Si. The minimum absolute atomic E-state index is 0.267. The van der Waals surface area contributed by atoms with Gasteiger partial charge in [0.05, 0.1) is 6.10 Å². The lowest BCUT2D eigenvalue weighted by atomic mass is 10.1. The van der Waals surface area contributed by atoms with Gasteiger partial charge in [0, 0.05) is 6.61 Å². The predicted octanol–water partition coefficient (Wildman–Crippen LogP) is 3.16. The maximum absolute atomic E-state index is 11.7. The number of benzene rings is 1. The molecule has 0 aliphatic heterocycles. The van der Waals surface area contributed by atoms with Crippen LogP contribution in [0.2, 0.25) is 11.6 Å². The highest BCUT2D eigenvalue weighted by Gasteiger charge is 2.48. The SMILES string of the molecule is CC(C)(C)[Si@](C)(OCC[C@H](O)c1ccccc1)C(N)=O. The van der Waals surface area contributed by atoms with E-state index in [1.165, 1.54) is 0 Å². The van der Waals surface area contributed by atoms with Crippen molar-refractivity contribution in [2.75, 3.05) is 6.61 Å².